The van der Waals surface area contributed by atoms with Crippen molar-refractivity contribution in [1.29, 1.82) is 0 Å². The van der Waals surface area contributed by atoms with Crippen LogP contribution in [0.25, 0.3) is 10.8 Å². The van der Waals surface area contributed by atoms with Gasteiger partial charge in [-0.25, -0.2) is 9.78 Å². The van der Waals surface area contributed by atoms with Crippen LogP contribution >= 0.6 is 23.2 Å². The first-order valence-electron chi connectivity index (χ1n) is 12.6. The van der Waals surface area contributed by atoms with E-state index in [9.17, 15) is 4.79 Å². The van der Waals surface area contributed by atoms with E-state index in [1.807, 2.05) is 42.5 Å². The molecule has 2 aliphatic rings. The van der Waals surface area contributed by atoms with Crippen LogP contribution in [0.2, 0.25) is 10.0 Å². The molecule has 198 valence electrons. The number of pyridine rings is 1. The first kappa shape index (κ1) is 25.5. The lowest BCUT2D eigenvalue weighted by Crippen LogP contribution is -2.31. The molecule has 2 unspecified atom stereocenters. The molecule has 0 saturated heterocycles. The van der Waals surface area contributed by atoms with Gasteiger partial charge in [0.2, 0.25) is 5.88 Å². The molecule has 9 heteroatoms. The average molecular weight is 563 g/mol. The third-order valence-electron chi connectivity index (χ3n) is 6.94. The summed E-state index contributed by atoms with van der Waals surface area (Å²) < 4.78 is 17.0. The molecule has 0 bridgehead atoms. The van der Waals surface area contributed by atoms with Crippen LogP contribution in [-0.2, 0) is 9.57 Å². The first-order valence-corrected chi connectivity index (χ1v) is 13.3. The summed E-state index contributed by atoms with van der Waals surface area (Å²) in [4.78, 5) is 21.8. The number of rotatable bonds is 8. The van der Waals surface area contributed by atoms with E-state index in [4.69, 9.17) is 42.3 Å². The number of hydrogen-bond donors (Lipinski definition) is 0. The van der Waals surface area contributed by atoms with Crippen LogP contribution in [-0.4, -0.2) is 36.5 Å². The third-order valence-corrected chi connectivity index (χ3v) is 7.57. The van der Waals surface area contributed by atoms with Gasteiger partial charge in [0, 0.05) is 23.2 Å². The molecular formula is C30H24Cl2N2O5. The molecule has 1 aliphatic carbocycles. The normalized spacial score (nSPS) is 18.4. The van der Waals surface area contributed by atoms with E-state index >= 15 is 0 Å². The summed E-state index contributed by atoms with van der Waals surface area (Å²) in [5, 5.41) is 7.33. The minimum Gasteiger partial charge on any atom is -0.493 e. The summed E-state index contributed by atoms with van der Waals surface area (Å²) in [7, 11) is 1.33. The Morgan fingerprint density at radius 3 is 2.54 bits per heavy atom. The van der Waals surface area contributed by atoms with Crippen LogP contribution in [0.15, 0.2) is 78.1 Å². The van der Waals surface area contributed by atoms with Crippen molar-refractivity contribution in [2.75, 3.05) is 13.7 Å². The molecule has 2 heterocycles. The number of nitrogens with zero attached hydrogens (tertiary/aromatic N) is 2. The van der Waals surface area contributed by atoms with E-state index in [1.54, 1.807) is 24.3 Å². The number of halogens is 2. The van der Waals surface area contributed by atoms with E-state index in [0.717, 1.165) is 29.3 Å². The number of hydrogen-bond acceptors (Lipinski definition) is 7. The fourth-order valence-corrected chi connectivity index (χ4v) is 5.38. The molecule has 1 saturated carbocycles. The number of benzene rings is 3. The van der Waals surface area contributed by atoms with Gasteiger partial charge in [0.25, 0.3) is 0 Å². The van der Waals surface area contributed by atoms with Crippen molar-refractivity contribution in [2.24, 2.45) is 17.0 Å². The summed E-state index contributed by atoms with van der Waals surface area (Å²) in [6.07, 6.45) is 3.58. The number of methoxy groups -OCH3 is 1. The lowest BCUT2D eigenvalue weighted by atomic mass is 9.90. The van der Waals surface area contributed by atoms with E-state index in [0.29, 0.717) is 51.1 Å². The SMILES string of the molecule is COC(=O)c1ccc(Oc2cccc3cc(OCC4C(c5c(Cl)cccc5Cl)=NOC4C4CC4)ccc23)nc1. The van der Waals surface area contributed by atoms with Crippen molar-refractivity contribution in [2.45, 2.75) is 18.9 Å². The summed E-state index contributed by atoms with van der Waals surface area (Å²) >= 11 is 13.0. The summed E-state index contributed by atoms with van der Waals surface area (Å²) in [6, 6.07) is 20.3. The van der Waals surface area contributed by atoms with Crippen LogP contribution in [0.1, 0.15) is 28.8 Å². The van der Waals surface area contributed by atoms with Gasteiger partial charge in [-0.05, 0) is 66.6 Å². The topological polar surface area (TPSA) is 79.2 Å². The van der Waals surface area contributed by atoms with E-state index in [1.165, 1.54) is 13.3 Å². The number of carbonyl (C=O) groups excluding carboxylic acids is 1. The number of esters is 1. The predicted octanol–water partition coefficient (Wildman–Crippen LogP) is 7.33. The van der Waals surface area contributed by atoms with Gasteiger partial charge >= 0.3 is 5.97 Å². The van der Waals surface area contributed by atoms with E-state index < -0.39 is 5.97 Å². The Hall–Kier alpha value is -3.81. The standard InChI is InChI=1S/C30H24Cl2N2O5/c1-36-30(35)19-10-13-26(33-15-19)38-25-7-2-4-18-14-20(11-12-21(18)25)37-16-22-28(34-39-29(22)17-8-9-17)27-23(31)5-3-6-24(27)32/h2-7,10-15,17,22,29H,8-9,16H2,1H3. The van der Waals surface area contributed by atoms with Gasteiger partial charge in [-0.3, -0.25) is 0 Å². The largest absolute Gasteiger partial charge is 0.493 e. The highest BCUT2D eigenvalue weighted by molar-refractivity contribution is 6.40. The molecule has 0 radical (unpaired) electrons. The zero-order valence-corrected chi connectivity index (χ0v) is 22.5. The van der Waals surface area contributed by atoms with Crippen molar-refractivity contribution in [3.8, 4) is 17.4 Å². The Labute approximate surface area is 235 Å². The highest BCUT2D eigenvalue weighted by atomic mass is 35.5. The van der Waals surface area contributed by atoms with E-state index in [-0.39, 0.29) is 12.0 Å². The monoisotopic (exact) mass is 562 g/mol. The fraction of sp³-hybridized carbons (Fsp3) is 0.233. The van der Waals surface area contributed by atoms with Crippen LogP contribution in [0.3, 0.4) is 0 Å². The van der Waals surface area contributed by atoms with Crippen LogP contribution in [0.4, 0.5) is 0 Å². The smallest absolute Gasteiger partial charge is 0.339 e. The van der Waals surface area contributed by atoms with Gasteiger partial charge < -0.3 is 19.0 Å². The highest BCUT2D eigenvalue weighted by Gasteiger charge is 2.46. The van der Waals surface area contributed by atoms with Gasteiger partial charge in [0.15, 0.2) is 0 Å². The Morgan fingerprint density at radius 1 is 1.03 bits per heavy atom. The summed E-state index contributed by atoms with van der Waals surface area (Å²) in [5.74, 6) is 1.62. The number of ether oxygens (including phenoxy) is 3. The lowest BCUT2D eigenvalue weighted by Gasteiger charge is -2.20. The van der Waals surface area contributed by atoms with Gasteiger partial charge in [0.1, 0.15) is 29.9 Å². The Kier molecular flexibility index (Phi) is 7.02. The molecule has 1 fully saturated rings. The molecule has 39 heavy (non-hydrogen) atoms. The van der Waals surface area contributed by atoms with Crippen molar-refractivity contribution in [3.05, 3.63) is 94.1 Å². The number of fused-ring (bicyclic) bond motifs is 1. The summed E-state index contributed by atoms with van der Waals surface area (Å²) in [5.41, 5.74) is 1.78. The van der Waals surface area contributed by atoms with Gasteiger partial charge in [-0.1, -0.05) is 46.6 Å². The van der Waals surface area contributed by atoms with E-state index in [2.05, 4.69) is 10.1 Å². The molecule has 1 aromatic heterocycles. The molecule has 2 atom stereocenters. The third kappa shape index (κ3) is 5.24. The first-order chi connectivity index (χ1) is 19.0. The second-order valence-corrected chi connectivity index (χ2v) is 10.3. The second kappa shape index (κ2) is 10.8. The van der Waals surface area contributed by atoms with Crippen LogP contribution < -0.4 is 9.47 Å². The average Bonchev–Trinajstić information content (AvgIpc) is 3.72. The number of carbonyl (C=O) groups is 1. The quantitative estimate of drug-likeness (QED) is 0.209. The summed E-state index contributed by atoms with van der Waals surface area (Å²) in [6.45, 7) is 0.375. The second-order valence-electron chi connectivity index (χ2n) is 9.52. The Bertz CT molecular complexity index is 1550. The molecule has 1 aliphatic heterocycles. The Morgan fingerprint density at radius 2 is 1.82 bits per heavy atom. The zero-order chi connectivity index (χ0) is 26.9. The molecule has 4 aromatic rings. The molecule has 0 spiro atoms. The molecule has 7 nitrogen and oxygen atoms in total. The van der Waals surface area contributed by atoms with Crippen molar-refractivity contribution < 1.29 is 23.8 Å². The number of aromatic nitrogens is 1. The molecule has 6 rings (SSSR count). The Balaban J connectivity index is 1.21. The molecule has 3 aromatic carbocycles. The fourth-order valence-electron chi connectivity index (χ4n) is 4.79. The van der Waals surface area contributed by atoms with Crippen molar-refractivity contribution in [1.82, 2.24) is 4.98 Å². The molecular weight excluding hydrogens is 539 g/mol. The molecule has 0 amide bonds. The molecule has 0 N–H and O–H groups in total. The maximum absolute atomic E-state index is 11.7. The van der Waals surface area contributed by atoms with Crippen LogP contribution in [0.5, 0.6) is 17.4 Å². The maximum Gasteiger partial charge on any atom is 0.339 e. The highest BCUT2D eigenvalue weighted by Crippen LogP contribution is 2.43. The maximum atomic E-state index is 11.7. The lowest BCUT2D eigenvalue weighted by molar-refractivity contribution is 0.0340. The van der Waals surface area contributed by atoms with Gasteiger partial charge in [-0.15, -0.1) is 0 Å². The van der Waals surface area contributed by atoms with Gasteiger partial charge in [0.05, 0.1) is 28.6 Å². The van der Waals surface area contributed by atoms with Crippen molar-refractivity contribution >= 4 is 45.7 Å². The van der Waals surface area contributed by atoms with Crippen LogP contribution in [0, 0.1) is 11.8 Å². The zero-order valence-electron chi connectivity index (χ0n) is 21.0. The number of oxime groups is 1. The van der Waals surface area contributed by atoms with Gasteiger partial charge in [-0.2, -0.15) is 0 Å². The predicted molar refractivity (Wildman–Crippen MR) is 149 cm³/mol. The van der Waals surface area contributed by atoms with Crippen molar-refractivity contribution in [3.63, 3.8) is 0 Å². The minimum atomic E-state index is -0.451. The minimum absolute atomic E-state index is 0.0640.